The Labute approximate surface area is 205 Å². The van der Waals surface area contributed by atoms with Crippen molar-refractivity contribution in [3.63, 3.8) is 0 Å². The number of aryl methyl sites for hydroxylation is 1. The molecule has 0 radical (unpaired) electrons. The highest BCUT2D eigenvalue weighted by molar-refractivity contribution is 5.69. The molecule has 2 aliphatic rings. The summed E-state index contributed by atoms with van der Waals surface area (Å²) in [7, 11) is 0. The summed E-state index contributed by atoms with van der Waals surface area (Å²) in [6.07, 6.45) is 1.92. The largest absolute Gasteiger partial charge is 0.456 e. The second kappa shape index (κ2) is 10.8. The summed E-state index contributed by atoms with van der Waals surface area (Å²) in [6.45, 7) is 9.21. The molecule has 0 saturated carbocycles. The molecule has 0 aliphatic carbocycles. The molecule has 0 bridgehead atoms. The number of aromatic nitrogens is 2. The van der Waals surface area contributed by atoms with Gasteiger partial charge in [-0.25, -0.2) is 4.98 Å². The van der Waals surface area contributed by atoms with Gasteiger partial charge in [-0.1, -0.05) is 6.07 Å². The normalized spacial score (nSPS) is 16.6. The third-order valence-electron chi connectivity index (χ3n) is 6.20. The van der Waals surface area contributed by atoms with Crippen molar-refractivity contribution in [3.05, 3.63) is 65.5 Å². The van der Waals surface area contributed by atoms with Crippen molar-refractivity contribution in [2.24, 2.45) is 0 Å². The molecule has 0 unspecified atom stereocenters. The average Bonchev–Trinajstić information content (AvgIpc) is 2.90. The quantitative estimate of drug-likeness (QED) is 0.537. The van der Waals surface area contributed by atoms with Gasteiger partial charge in [0.1, 0.15) is 17.3 Å². The highest BCUT2D eigenvalue weighted by Crippen LogP contribution is 2.35. The lowest BCUT2D eigenvalue weighted by molar-refractivity contribution is 0.0341. The van der Waals surface area contributed by atoms with E-state index >= 15 is 0 Å². The highest BCUT2D eigenvalue weighted by atomic mass is 16.5. The van der Waals surface area contributed by atoms with Gasteiger partial charge in [-0.15, -0.1) is 0 Å². The van der Waals surface area contributed by atoms with E-state index in [0.29, 0.717) is 30.3 Å². The highest BCUT2D eigenvalue weighted by Gasteiger charge is 2.16. The van der Waals surface area contributed by atoms with Gasteiger partial charge in [0, 0.05) is 62.3 Å². The maximum atomic E-state index is 9.48. The van der Waals surface area contributed by atoms with Crippen LogP contribution in [0.25, 0.3) is 11.3 Å². The van der Waals surface area contributed by atoms with Crippen LogP contribution in [-0.4, -0.2) is 67.5 Å². The van der Waals surface area contributed by atoms with E-state index in [1.807, 2.05) is 37.4 Å². The number of pyridine rings is 2. The van der Waals surface area contributed by atoms with Crippen molar-refractivity contribution in [3.8, 4) is 28.8 Å². The number of morpholine rings is 2. The average molecular weight is 472 g/mol. The molecule has 35 heavy (non-hydrogen) atoms. The molecule has 0 amide bonds. The molecule has 8 nitrogen and oxygen atoms in total. The molecule has 2 aliphatic heterocycles. The topological polar surface area (TPSA) is 83.7 Å². The van der Waals surface area contributed by atoms with Crippen LogP contribution < -0.4 is 9.64 Å². The van der Waals surface area contributed by atoms with Crippen LogP contribution in [0.3, 0.4) is 0 Å². The first-order valence-corrected chi connectivity index (χ1v) is 12.0. The summed E-state index contributed by atoms with van der Waals surface area (Å²) < 4.78 is 17.3. The van der Waals surface area contributed by atoms with Gasteiger partial charge in [-0.05, 0) is 36.8 Å². The Bertz CT molecular complexity index is 1200. The molecule has 3 aromatic rings. The lowest BCUT2D eigenvalue weighted by Crippen LogP contribution is -2.36. The van der Waals surface area contributed by atoms with Gasteiger partial charge in [0.2, 0.25) is 0 Å². The predicted octanol–water partition coefficient (Wildman–Crippen LogP) is 3.78. The second-order valence-corrected chi connectivity index (χ2v) is 8.77. The first kappa shape index (κ1) is 23.2. The van der Waals surface area contributed by atoms with E-state index in [9.17, 15) is 5.26 Å². The molecule has 4 heterocycles. The third-order valence-corrected chi connectivity index (χ3v) is 6.20. The van der Waals surface area contributed by atoms with Crippen LogP contribution >= 0.6 is 0 Å². The maximum absolute atomic E-state index is 9.48. The lowest BCUT2D eigenvalue weighted by atomic mass is 10.1. The fraction of sp³-hybridized carbons (Fsp3) is 0.370. The van der Waals surface area contributed by atoms with Gasteiger partial charge in [0.25, 0.3) is 0 Å². The van der Waals surface area contributed by atoms with Gasteiger partial charge < -0.3 is 19.1 Å². The van der Waals surface area contributed by atoms with Gasteiger partial charge >= 0.3 is 0 Å². The summed E-state index contributed by atoms with van der Waals surface area (Å²) in [6, 6.07) is 15.6. The molecule has 2 fully saturated rings. The first-order chi connectivity index (χ1) is 17.2. The Morgan fingerprint density at radius 1 is 0.971 bits per heavy atom. The second-order valence-electron chi connectivity index (χ2n) is 8.77. The van der Waals surface area contributed by atoms with Gasteiger partial charge in [0.15, 0.2) is 0 Å². The standard InChI is InChI=1S/C27H29N5O3/c1-20-14-23(16-27(30-20)32-8-12-34-13-9-32)35-26-15-21(17-28)2-4-24(26)25-5-3-22(18-29-25)19-31-6-10-33-11-7-31/h2-5,14-16,18H,6-13,19H2,1H3. The van der Waals surface area contributed by atoms with Crippen LogP contribution in [0.2, 0.25) is 0 Å². The number of ether oxygens (including phenoxy) is 3. The Kier molecular flexibility index (Phi) is 7.19. The maximum Gasteiger partial charge on any atom is 0.138 e. The molecule has 0 atom stereocenters. The number of hydrogen-bond acceptors (Lipinski definition) is 8. The van der Waals surface area contributed by atoms with E-state index in [2.05, 4.69) is 26.9 Å². The molecule has 180 valence electrons. The number of anilines is 1. The van der Waals surface area contributed by atoms with Crippen LogP contribution in [0.15, 0.2) is 48.7 Å². The molecule has 0 N–H and O–H groups in total. The van der Waals surface area contributed by atoms with Crippen molar-refractivity contribution < 1.29 is 14.2 Å². The van der Waals surface area contributed by atoms with Crippen molar-refractivity contribution in [1.29, 1.82) is 5.26 Å². The van der Waals surface area contributed by atoms with Crippen LogP contribution in [0.5, 0.6) is 11.5 Å². The molecule has 5 rings (SSSR count). The zero-order chi connectivity index (χ0) is 24.0. The number of rotatable bonds is 6. The molecular formula is C27H29N5O3. The summed E-state index contributed by atoms with van der Waals surface area (Å²) in [5, 5.41) is 9.48. The zero-order valence-corrected chi connectivity index (χ0v) is 19.9. The fourth-order valence-corrected chi connectivity index (χ4v) is 4.34. The van der Waals surface area contributed by atoms with Gasteiger partial charge in [0.05, 0.1) is 43.8 Å². The number of nitriles is 1. The van der Waals surface area contributed by atoms with E-state index in [1.165, 1.54) is 0 Å². The summed E-state index contributed by atoms with van der Waals surface area (Å²) in [5.74, 6) is 2.14. The smallest absolute Gasteiger partial charge is 0.138 e. The van der Waals surface area contributed by atoms with Gasteiger partial charge in [-0.3, -0.25) is 9.88 Å². The Hall–Kier alpha value is -3.51. The molecule has 2 saturated heterocycles. The minimum Gasteiger partial charge on any atom is -0.456 e. The van der Waals surface area contributed by atoms with Crippen LogP contribution in [0, 0.1) is 18.3 Å². The Morgan fingerprint density at radius 3 is 2.46 bits per heavy atom. The monoisotopic (exact) mass is 471 g/mol. The third kappa shape index (κ3) is 5.77. The minimum absolute atomic E-state index is 0.534. The minimum atomic E-state index is 0.534. The van der Waals surface area contributed by atoms with E-state index < -0.39 is 0 Å². The van der Waals surface area contributed by atoms with E-state index in [4.69, 9.17) is 19.2 Å². The van der Waals surface area contributed by atoms with Crippen LogP contribution in [0.4, 0.5) is 5.82 Å². The predicted molar refractivity (Wildman–Crippen MR) is 133 cm³/mol. The van der Waals surface area contributed by atoms with Crippen molar-refractivity contribution >= 4 is 5.82 Å². The van der Waals surface area contributed by atoms with E-state index in [1.54, 1.807) is 12.1 Å². The Morgan fingerprint density at radius 2 is 1.74 bits per heavy atom. The zero-order valence-electron chi connectivity index (χ0n) is 19.9. The summed E-state index contributed by atoms with van der Waals surface area (Å²) >= 11 is 0. The number of hydrogen-bond donors (Lipinski definition) is 0. The van der Waals surface area contributed by atoms with Crippen molar-refractivity contribution in [1.82, 2.24) is 14.9 Å². The summed E-state index contributed by atoms with van der Waals surface area (Å²) in [4.78, 5) is 14.0. The molecule has 2 aromatic heterocycles. The summed E-state index contributed by atoms with van der Waals surface area (Å²) in [5.41, 5.74) is 4.20. The molecule has 8 heteroatoms. The first-order valence-electron chi connectivity index (χ1n) is 12.0. The Balaban J connectivity index is 1.40. The van der Waals surface area contributed by atoms with Crippen molar-refractivity contribution in [2.75, 3.05) is 57.5 Å². The SMILES string of the molecule is Cc1cc(Oc2cc(C#N)ccc2-c2ccc(CN3CCOCC3)cn2)cc(N2CCOCC2)n1. The van der Waals surface area contributed by atoms with Crippen LogP contribution in [0.1, 0.15) is 16.8 Å². The molecule has 1 aromatic carbocycles. The van der Waals surface area contributed by atoms with E-state index in [0.717, 1.165) is 74.3 Å². The fourth-order valence-electron chi connectivity index (χ4n) is 4.34. The van der Waals surface area contributed by atoms with E-state index in [-0.39, 0.29) is 0 Å². The molecular weight excluding hydrogens is 442 g/mol. The molecule has 0 spiro atoms. The number of benzene rings is 1. The lowest BCUT2D eigenvalue weighted by Gasteiger charge is -2.28. The number of nitrogens with zero attached hydrogens (tertiary/aromatic N) is 5. The van der Waals surface area contributed by atoms with Gasteiger partial charge in [-0.2, -0.15) is 5.26 Å². The van der Waals surface area contributed by atoms with Crippen molar-refractivity contribution in [2.45, 2.75) is 13.5 Å². The van der Waals surface area contributed by atoms with Crippen LogP contribution in [-0.2, 0) is 16.0 Å².